The van der Waals surface area contributed by atoms with Crippen LogP contribution in [0.4, 0.5) is 4.39 Å². The maximum atomic E-state index is 13.9. The summed E-state index contributed by atoms with van der Waals surface area (Å²) in [6, 6.07) is 6.82. The highest BCUT2D eigenvalue weighted by molar-refractivity contribution is 9.13. The van der Waals surface area contributed by atoms with Crippen molar-refractivity contribution >= 4 is 59.1 Å². The Morgan fingerprint density at radius 3 is 2.50 bits per heavy atom. The van der Waals surface area contributed by atoms with Crippen molar-refractivity contribution in [3.05, 3.63) is 53.3 Å². The number of thiophene rings is 1. The number of nitrogens with one attached hydrogen (secondary N) is 1. The predicted octanol–water partition coefficient (Wildman–Crippen LogP) is 5.48. The van der Waals surface area contributed by atoms with Gasteiger partial charge < -0.3 is 5.32 Å². The van der Waals surface area contributed by atoms with Crippen molar-refractivity contribution in [3.63, 3.8) is 0 Å². The van der Waals surface area contributed by atoms with Crippen molar-refractivity contribution in [2.24, 2.45) is 0 Å². The largest absolute Gasteiger partial charge is 0.309 e. The first kappa shape index (κ1) is 14.7. The van der Waals surface area contributed by atoms with E-state index in [4.69, 9.17) is 0 Å². The molecule has 0 saturated heterocycles. The van der Waals surface area contributed by atoms with E-state index in [1.807, 2.05) is 13.1 Å². The van der Waals surface area contributed by atoms with Gasteiger partial charge in [0.25, 0.3) is 0 Å². The maximum Gasteiger partial charge on any atom is 0.128 e. The van der Waals surface area contributed by atoms with Gasteiger partial charge in [-0.1, -0.05) is 15.9 Å². The minimum absolute atomic E-state index is 0.157. The Labute approximate surface area is 134 Å². The van der Waals surface area contributed by atoms with Crippen LogP contribution in [0, 0.1) is 5.82 Å². The monoisotopic (exact) mass is 455 g/mol. The summed E-state index contributed by atoms with van der Waals surface area (Å²) < 4.78 is 16.8. The average molecular weight is 458 g/mol. The van der Waals surface area contributed by atoms with Gasteiger partial charge in [-0.25, -0.2) is 4.39 Å². The molecule has 2 aromatic rings. The molecule has 1 unspecified atom stereocenters. The molecule has 0 amide bonds. The van der Waals surface area contributed by atoms with Gasteiger partial charge in [-0.2, -0.15) is 0 Å². The van der Waals surface area contributed by atoms with E-state index in [0.717, 1.165) is 17.6 Å². The quantitative estimate of drug-likeness (QED) is 0.643. The van der Waals surface area contributed by atoms with Crippen LogP contribution < -0.4 is 5.32 Å². The van der Waals surface area contributed by atoms with E-state index in [9.17, 15) is 4.39 Å². The van der Waals surface area contributed by atoms with Gasteiger partial charge in [0.05, 0.1) is 9.83 Å². The first-order chi connectivity index (χ1) is 8.52. The highest BCUT2D eigenvalue weighted by Crippen LogP contribution is 2.38. The standard InChI is InChI=1S/C12H9Br3FNS/c1-17-11(10-5-8(14)12(15)18-10)7-4-6(13)2-3-9(7)16/h2-5,11,17H,1H3. The summed E-state index contributed by atoms with van der Waals surface area (Å²) in [7, 11) is 1.83. The van der Waals surface area contributed by atoms with Crippen LogP contribution in [0.25, 0.3) is 0 Å². The maximum absolute atomic E-state index is 13.9. The van der Waals surface area contributed by atoms with Crippen LogP contribution in [0.2, 0.25) is 0 Å². The van der Waals surface area contributed by atoms with Crippen LogP contribution in [0.1, 0.15) is 16.5 Å². The van der Waals surface area contributed by atoms with E-state index < -0.39 is 0 Å². The Hall–Kier alpha value is 0.250. The van der Waals surface area contributed by atoms with Crippen LogP contribution in [0.15, 0.2) is 37.0 Å². The highest BCUT2D eigenvalue weighted by Gasteiger charge is 2.19. The van der Waals surface area contributed by atoms with E-state index in [-0.39, 0.29) is 11.9 Å². The lowest BCUT2D eigenvalue weighted by atomic mass is 10.1. The number of benzene rings is 1. The minimum Gasteiger partial charge on any atom is -0.309 e. The summed E-state index contributed by atoms with van der Waals surface area (Å²) in [6.07, 6.45) is 0. The van der Waals surface area contributed by atoms with Crippen LogP contribution in [-0.4, -0.2) is 7.05 Å². The van der Waals surface area contributed by atoms with Gasteiger partial charge in [-0.15, -0.1) is 11.3 Å². The van der Waals surface area contributed by atoms with Crippen molar-refractivity contribution in [1.82, 2.24) is 5.32 Å². The van der Waals surface area contributed by atoms with Crippen molar-refractivity contribution in [3.8, 4) is 0 Å². The third kappa shape index (κ3) is 3.04. The Morgan fingerprint density at radius 1 is 1.22 bits per heavy atom. The molecule has 2 rings (SSSR count). The van der Waals surface area contributed by atoms with Gasteiger partial charge >= 0.3 is 0 Å². The van der Waals surface area contributed by atoms with E-state index >= 15 is 0 Å². The molecule has 0 fully saturated rings. The van der Waals surface area contributed by atoms with Gasteiger partial charge in [0.2, 0.25) is 0 Å². The molecule has 0 radical (unpaired) electrons. The van der Waals surface area contributed by atoms with Crippen molar-refractivity contribution in [2.45, 2.75) is 6.04 Å². The molecule has 0 aliphatic carbocycles. The number of halogens is 4. The van der Waals surface area contributed by atoms with Gasteiger partial charge in [0.1, 0.15) is 5.82 Å². The molecule has 0 aliphatic heterocycles. The number of hydrogen-bond acceptors (Lipinski definition) is 2. The Kier molecular flexibility index (Phi) is 4.99. The van der Waals surface area contributed by atoms with E-state index in [0.29, 0.717) is 5.56 Å². The molecule has 18 heavy (non-hydrogen) atoms. The third-order valence-electron chi connectivity index (χ3n) is 2.51. The van der Waals surface area contributed by atoms with Gasteiger partial charge in [0, 0.05) is 19.4 Å². The van der Waals surface area contributed by atoms with Gasteiger partial charge in [-0.3, -0.25) is 0 Å². The summed E-state index contributed by atoms with van der Waals surface area (Å²) in [5, 5.41) is 3.15. The molecule has 0 saturated carbocycles. The normalized spacial score (nSPS) is 12.7. The van der Waals surface area contributed by atoms with Crippen LogP contribution in [0.3, 0.4) is 0 Å². The van der Waals surface area contributed by atoms with Crippen molar-refractivity contribution < 1.29 is 4.39 Å². The minimum atomic E-state index is -0.210. The smallest absolute Gasteiger partial charge is 0.128 e. The fourth-order valence-electron chi connectivity index (χ4n) is 1.69. The Morgan fingerprint density at radius 2 is 1.94 bits per heavy atom. The zero-order valence-corrected chi connectivity index (χ0v) is 14.9. The number of hydrogen-bond donors (Lipinski definition) is 1. The fraction of sp³-hybridized carbons (Fsp3) is 0.167. The summed E-state index contributed by atoms with van der Waals surface area (Å²) in [4.78, 5) is 1.05. The summed E-state index contributed by atoms with van der Waals surface area (Å²) in [5.74, 6) is -0.210. The molecule has 0 bridgehead atoms. The summed E-state index contributed by atoms with van der Waals surface area (Å²) in [5.41, 5.74) is 0.633. The second-order valence-corrected chi connectivity index (χ2v) is 7.83. The lowest BCUT2D eigenvalue weighted by Gasteiger charge is -2.16. The lowest BCUT2D eigenvalue weighted by Crippen LogP contribution is -2.17. The topological polar surface area (TPSA) is 12.0 Å². The molecular weight excluding hydrogens is 449 g/mol. The van der Waals surface area contributed by atoms with Crippen LogP contribution in [0.5, 0.6) is 0 Å². The second-order valence-electron chi connectivity index (χ2n) is 3.66. The molecule has 0 spiro atoms. The Bertz CT molecular complexity index is 551. The first-order valence-corrected chi connectivity index (χ1v) is 8.29. The molecular formula is C12H9Br3FNS. The summed E-state index contributed by atoms with van der Waals surface area (Å²) >= 11 is 11.9. The van der Waals surface area contributed by atoms with E-state index in [2.05, 4.69) is 53.1 Å². The molecule has 96 valence electrons. The van der Waals surface area contributed by atoms with Crippen LogP contribution >= 0.6 is 59.1 Å². The molecule has 1 nitrogen and oxygen atoms in total. The fourth-order valence-corrected chi connectivity index (χ4v) is 4.29. The molecule has 6 heteroatoms. The zero-order chi connectivity index (χ0) is 13.3. The molecule has 1 aromatic carbocycles. The zero-order valence-electron chi connectivity index (χ0n) is 9.31. The first-order valence-electron chi connectivity index (χ1n) is 5.10. The van der Waals surface area contributed by atoms with Crippen molar-refractivity contribution in [1.29, 1.82) is 0 Å². The second kappa shape index (κ2) is 6.13. The SMILES string of the molecule is CNC(c1cc(Br)c(Br)s1)c1cc(Br)ccc1F. The molecule has 0 aliphatic rings. The van der Waals surface area contributed by atoms with E-state index in [1.54, 1.807) is 23.5 Å². The Balaban J connectivity index is 2.48. The average Bonchev–Trinajstić information content (AvgIpc) is 2.65. The molecule has 1 heterocycles. The number of rotatable bonds is 3. The van der Waals surface area contributed by atoms with Crippen LogP contribution in [-0.2, 0) is 0 Å². The van der Waals surface area contributed by atoms with Gasteiger partial charge in [-0.05, 0) is 63.2 Å². The predicted molar refractivity (Wildman–Crippen MR) is 84.7 cm³/mol. The van der Waals surface area contributed by atoms with Gasteiger partial charge in [0.15, 0.2) is 0 Å². The molecule has 1 aromatic heterocycles. The van der Waals surface area contributed by atoms with Crippen molar-refractivity contribution in [2.75, 3.05) is 7.05 Å². The highest BCUT2D eigenvalue weighted by atomic mass is 79.9. The molecule has 1 N–H and O–H groups in total. The molecule has 1 atom stereocenters. The summed E-state index contributed by atoms with van der Waals surface area (Å²) in [6.45, 7) is 0. The third-order valence-corrected chi connectivity index (χ3v) is 6.32. The van der Waals surface area contributed by atoms with E-state index in [1.165, 1.54) is 6.07 Å². The lowest BCUT2D eigenvalue weighted by molar-refractivity contribution is 0.579.